The second-order valence-electron chi connectivity index (χ2n) is 8.59. The first-order valence-corrected chi connectivity index (χ1v) is 12.3. The molecule has 3 fully saturated rings. The molecule has 1 aromatic carbocycles. The molecule has 0 radical (unpaired) electrons. The number of alkyl halides is 2. The maximum absolute atomic E-state index is 13.7. The molecular weight excluding hydrogens is 408 g/mol. The summed E-state index contributed by atoms with van der Waals surface area (Å²) in [5, 5.41) is 3.36. The Kier molecular flexibility index (Phi) is 5.55. The van der Waals surface area contributed by atoms with E-state index in [-0.39, 0.29) is 37.4 Å². The van der Waals surface area contributed by atoms with E-state index in [0.29, 0.717) is 19.0 Å². The van der Waals surface area contributed by atoms with E-state index >= 15 is 0 Å². The predicted octanol–water partition coefficient (Wildman–Crippen LogP) is 3.96. The number of nitrogens with one attached hydrogen (secondary N) is 1. The molecule has 0 aromatic heterocycles. The molecule has 1 saturated carbocycles. The van der Waals surface area contributed by atoms with Gasteiger partial charge in [-0.15, -0.1) is 0 Å². The number of allylic oxidation sites excluding steroid dienone is 1. The molecule has 0 bridgehead atoms. The average Bonchev–Trinajstić information content (AvgIpc) is 3.53. The number of piperidine rings is 1. The molecule has 2 heterocycles. The first kappa shape index (κ1) is 21.2. The number of sulfone groups is 1. The van der Waals surface area contributed by atoms with E-state index in [1.807, 2.05) is 28.0 Å². The highest BCUT2D eigenvalue weighted by Crippen LogP contribution is 2.39. The van der Waals surface area contributed by atoms with Crippen molar-refractivity contribution >= 4 is 26.9 Å². The number of hydrogen-bond acceptors (Lipinski definition) is 5. The zero-order valence-corrected chi connectivity index (χ0v) is 18.0. The van der Waals surface area contributed by atoms with Gasteiger partial charge in [-0.2, -0.15) is 0 Å². The van der Waals surface area contributed by atoms with Crippen molar-refractivity contribution < 1.29 is 17.2 Å². The van der Waals surface area contributed by atoms with Gasteiger partial charge in [0, 0.05) is 67.4 Å². The minimum absolute atomic E-state index is 0.109. The van der Waals surface area contributed by atoms with E-state index in [1.54, 1.807) is 0 Å². The monoisotopic (exact) mass is 437 g/mol. The standard InChI is InChI=1S/C22H29F2N3O2S/c1-16(18-3-4-18)25-19-5-6-20(17(2)26-11-13-30(28,29)14-12-26)21(15-19)27-9-7-22(23,24)8-10-27/h5-6,15,18,25H,1-4,7-14H2. The van der Waals surface area contributed by atoms with Crippen LogP contribution in [0.5, 0.6) is 0 Å². The lowest BCUT2D eigenvalue weighted by Gasteiger charge is -2.37. The summed E-state index contributed by atoms with van der Waals surface area (Å²) in [5.41, 5.74) is 4.33. The fourth-order valence-electron chi connectivity index (χ4n) is 4.06. The van der Waals surface area contributed by atoms with Crippen LogP contribution in [0.3, 0.4) is 0 Å². The normalized spacial score (nSPS) is 23.1. The van der Waals surface area contributed by atoms with Gasteiger partial charge in [0.25, 0.3) is 5.92 Å². The van der Waals surface area contributed by atoms with Crippen LogP contribution >= 0.6 is 0 Å². The van der Waals surface area contributed by atoms with Crippen LogP contribution < -0.4 is 10.2 Å². The second kappa shape index (κ2) is 7.87. The number of halogens is 2. The Hall–Kier alpha value is -2.09. The first-order chi connectivity index (χ1) is 14.1. The van der Waals surface area contributed by atoms with Crippen LogP contribution in [0, 0.1) is 5.92 Å². The summed E-state index contributed by atoms with van der Waals surface area (Å²) in [6.07, 6.45) is 1.94. The lowest BCUT2D eigenvalue weighted by atomic mass is 10.0. The van der Waals surface area contributed by atoms with Gasteiger partial charge in [0.15, 0.2) is 9.84 Å². The molecule has 164 valence electrons. The molecule has 0 amide bonds. The molecule has 1 N–H and O–H groups in total. The molecule has 5 nitrogen and oxygen atoms in total. The molecule has 0 spiro atoms. The first-order valence-electron chi connectivity index (χ1n) is 10.5. The SMILES string of the molecule is C=C(Nc1ccc(C(=C)N2CCS(=O)(=O)CC2)c(N2CCC(F)(F)CC2)c1)C1CC1. The topological polar surface area (TPSA) is 52.7 Å². The molecule has 4 rings (SSSR count). The summed E-state index contributed by atoms with van der Waals surface area (Å²) in [5.74, 6) is -1.89. The highest BCUT2D eigenvalue weighted by Gasteiger charge is 2.35. The highest BCUT2D eigenvalue weighted by atomic mass is 32.2. The summed E-state index contributed by atoms with van der Waals surface area (Å²) in [4.78, 5) is 3.97. The number of benzene rings is 1. The summed E-state index contributed by atoms with van der Waals surface area (Å²) >= 11 is 0. The average molecular weight is 438 g/mol. The predicted molar refractivity (Wildman–Crippen MR) is 118 cm³/mol. The minimum Gasteiger partial charge on any atom is -0.370 e. The maximum Gasteiger partial charge on any atom is 0.251 e. The Morgan fingerprint density at radius 3 is 2.30 bits per heavy atom. The number of anilines is 2. The van der Waals surface area contributed by atoms with Crippen molar-refractivity contribution in [2.45, 2.75) is 31.6 Å². The number of nitrogens with zero attached hydrogens (tertiary/aromatic N) is 2. The van der Waals surface area contributed by atoms with E-state index in [2.05, 4.69) is 18.5 Å². The Morgan fingerprint density at radius 2 is 1.70 bits per heavy atom. The molecule has 2 saturated heterocycles. The van der Waals surface area contributed by atoms with E-state index < -0.39 is 15.8 Å². The smallest absolute Gasteiger partial charge is 0.251 e. The third-order valence-corrected chi connectivity index (χ3v) is 7.85. The Bertz CT molecular complexity index is 933. The van der Waals surface area contributed by atoms with Gasteiger partial charge in [-0.05, 0) is 37.0 Å². The summed E-state index contributed by atoms with van der Waals surface area (Å²) in [6, 6.07) is 5.89. The largest absolute Gasteiger partial charge is 0.370 e. The van der Waals surface area contributed by atoms with Gasteiger partial charge in [0.1, 0.15) is 0 Å². The summed E-state index contributed by atoms with van der Waals surface area (Å²) in [7, 11) is -2.99. The maximum atomic E-state index is 13.7. The number of hydrogen-bond donors (Lipinski definition) is 1. The molecule has 1 aromatic rings. The van der Waals surface area contributed by atoms with Crippen LogP contribution in [0.25, 0.3) is 5.70 Å². The van der Waals surface area contributed by atoms with Crippen LogP contribution in [0.4, 0.5) is 20.2 Å². The molecule has 30 heavy (non-hydrogen) atoms. The fraction of sp³-hybridized carbons (Fsp3) is 0.545. The summed E-state index contributed by atoms with van der Waals surface area (Å²) in [6.45, 7) is 9.68. The van der Waals surface area contributed by atoms with Gasteiger partial charge in [-0.1, -0.05) is 13.2 Å². The van der Waals surface area contributed by atoms with Crippen molar-refractivity contribution in [1.82, 2.24) is 4.90 Å². The second-order valence-corrected chi connectivity index (χ2v) is 10.9. The van der Waals surface area contributed by atoms with Gasteiger partial charge in [-0.25, -0.2) is 17.2 Å². The van der Waals surface area contributed by atoms with E-state index in [0.717, 1.165) is 41.2 Å². The Morgan fingerprint density at radius 1 is 1.07 bits per heavy atom. The third kappa shape index (κ3) is 4.79. The van der Waals surface area contributed by atoms with Gasteiger partial charge in [0.05, 0.1) is 11.5 Å². The molecule has 2 aliphatic heterocycles. The van der Waals surface area contributed by atoms with Crippen LogP contribution in [0.1, 0.15) is 31.2 Å². The van der Waals surface area contributed by atoms with Gasteiger partial charge < -0.3 is 15.1 Å². The van der Waals surface area contributed by atoms with E-state index in [4.69, 9.17) is 0 Å². The lowest BCUT2D eigenvalue weighted by Crippen LogP contribution is -2.41. The quantitative estimate of drug-likeness (QED) is 0.730. The zero-order chi connectivity index (χ0) is 21.5. The summed E-state index contributed by atoms with van der Waals surface area (Å²) < 4.78 is 51.0. The van der Waals surface area contributed by atoms with Crippen molar-refractivity contribution in [3.05, 3.63) is 42.6 Å². The lowest BCUT2D eigenvalue weighted by molar-refractivity contribution is -0.0220. The van der Waals surface area contributed by atoms with Crippen LogP contribution in [0.15, 0.2) is 37.1 Å². The van der Waals surface area contributed by atoms with Gasteiger partial charge >= 0.3 is 0 Å². The Balaban J connectivity index is 1.59. The molecule has 0 atom stereocenters. The molecule has 8 heteroatoms. The van der Waals surface area contributed by atoms with Gasteiger partial charge in [0.2, 0.25) is 0 Å². The van der Waals surface area contributed by atoms with Crippen molar-refractivity contribution in [1.29, 1.82) is 0 Å². The third-order valence-electron chi connectivity index (χ3n) is 6.25. The minimum atomic E-state index is -2.99. The molecule has 3 aliphatic rings. The van der Waals surface area contributed by atoms with Gasteiger partial charge in [-0.3, -0.25) is 0 Å². The molecule has 1 aliphatic carbocycles. The van der Waals surface area contributed by atoms with Crippen LogP contribution in [-0.4, -0.2) is 56.9 Å². The van der Waals surface area contributed by atoms with E-state index in [1.165, 1.54) is 0 Å². The zero-order valence-electron chi connectivity index (χ0n) is 17.2. The number of rotatable bonds is 6. The van der Waals surface area contributed by atoms with Crippen molar-refractivity contribution in [2.24, 2.45) is 5.92 Å². The Labute approximate surface area is 177 Å². The van der Waals surface area contributed by atoms with E-state index in [9.17, 15) is 17.2 Å². The fourth-order valence-corrected chi connectivity index (χ4v) is 5.26. The van der Waals surface area contributed by atoms with Crippen LogP contribution in [0.2, 0.25) is 0 Å². The highest BCUT2D eigenvalue weighted by molar-refractivity contribution is 7.91. The van der Waals surface area contributed by atoms with Crippen LogP contribution in [-0.2, 0) is 9.84 Å². The van der Waals surface area contributed by atoms with Crippen molar-refractivity contribution in [2.75, 3.05) is 47.9 Å². The molecular formula is C22H29F2N3O2S. The van der Waals surface area contributed by atoms with Crippen molar-refractivity contribution in [3.8, 4) is 0 Å². The van der Waals surface area contributed by atoms with Crippen molar-refractivity contribution in [3.63, 3.8) is 0 Å². The molecule has 0 unspecified atom stereocenters.